The summed E-state index contributed by atoms with van der Waals surface area (Å²) in [4.78, 5) is 0. The number of benzene rings is 1. The lowest BCUT2D eigenvalue weighted by molar-refractivity contribution is 0.443. The molecule has 0 amide bonds. The van der Waals surface area contributed by atoms with Crippen LogP contribution in [0.4, 0.5) is 5.69 Å². The Morgan fingerprint density at radius 2 is 1.84 bits per heavy atom. The fraction of sp³-hybridized carbons (Fsp3) is 0.556. The van der Waals surface area contributed by atoms with E-state index in [2.05, 4.69) is 50.4 Å². The Balaban J connectivity index is 1.94. The monoisotopic (exact) mass is 255 g/mol. The molecule has 0 aromatic heterocycles. The van der Waals surface area contributed by atoms with Crippen LogP contribution in [0.25, 0.3) is 5.57 Å². The standard InChI is InChI=1S/C18H25N/c1-13-12-18(2,3)19-17-10-9-15(11-16(13)17)14-7-5-4-6-8-14/h9-12,14,19H,4-8H2,1-3H3. The molecule has 1 aromatic rings. The first kappa shape index (κ1) is 12.8. The van der Waals surface area contributed by atoms with Gasteiger partial charge in [0.2, 0.25) is 0 Å². The van der Waals surface area contributed by atoms with Gasteiger partial charge in [-0.25, -0.2) is 0 Å². The second-order valence-corrected chi connectivity index (χ2v) is 6.81. The van der Waals surface area contributed by atoms with Crippen LogP contribution in [0.15, 0.2) is 24.3 Å². The van der Waals surface area contributed by atoms with Crippen LogP contribution in [-0.4, -0.2) is 5.54 Å². The molecule has 2 aliphatic rings. The van der Waals surface area contributed by atoms with Gasteiger partial charge in [-0.05, 0) is 62.8 Å². The van der Waals surface area contributed by atoms with Crippen molar-refractivity contribution in [1.82, 2.24) is 0 Å². The van der Waals surface area contributed by atoms with Crippen LogP contribution in [0.3, 0.4) is 0 Å². The molecule has 1 heterocycles. The molecule has 1 aliphatic carbocycles. The van der Waals surface area contributed by atoms with E-state index >= 15 is 0 Å². The predicted molar refractivity (Wildman–Crippen MR) is 83.6 cm³/mol. The van der Waals surface area contributed by atoms with Crippen molar-refractivity contribution in [3.05, 3.63) is 35.4 Å². The second-order valence-electron chi connectivity index (χ2n) is 6.81. The van der Waals surface area contributed by atoms with Crippen LogP contribution >= 0.6 is 0 Å². The van der Waals surface area contributed by atoms with E-state index in [1.54, 1.807) is 5.56 Å². The zero-order valence-electron chi connectivity index (χ0n) is 12.4. The van der Waals surface area contributed by atoms with Crippen LogP contribution in [0, 0.1) is 0 Å². The molecule has 1 nitrogen and oxygen atoms in total. The van der Waals surface area contributed by atoms with Crippen LogP contribution < -0.4 is 5.32 Å². The average Bonchev–Trinajstić information content (AvgIpc) is 2.38. The van der Waals surface area contributed by atoms with Crippen molar-refractivity contribution in [2.24, 2.45) is 0 Å². The van der Waals surface area contributed by atoms with E-state index in [9.17, 15) is 0 Å². The summed E-state index contributed by atoms with van der Waals surface area (Å²) in [6.07, 6.45) is 9.33. The molecule has 0 radical (unpaired) electrons. The Morgan fingerprint density at radius 3 is 2.58 bits per heavy atom. The maximum atomic E-state index is 3.62. The van der Waals surface area contributed by atoms with Crippen molar-refractivity contribution in [3.8, 4) is 0 Å². The zero-order chi connectivity index (χ0) is 13.5. The van der Waals surface area contributed by atoms with Crippen LogP contribution in [0.2, 0.25) is 0 Å². The molecule has 1 heteroatoms. The molecule has 3 rings (SSSR count). The van der Waals surface area contributed by atoms with Gasteiger partial charge in [-0.2, -0.15) is 0 Å². The predicted octanol–water partition coefficient (Wildman–Crippen LogP) is 5.34. The maximum absolute atomic E-state index is 3.62. The van der Waals surface area contributed by atoms with E-state index < -0.39 is 0 Å². The van der Waals surface area contributed by atoms with Gasteiger partial charge in [0.15, 0.2) is 0 Å². The fourth-order valence-electron chi connectivity index (χ4n) is 3.69. The maximum Gasteiger partial charge on any atom is 0.0505 e. The molecular formula is C18H25N. The minimum Gasteiger partial charge on any atom is -0.376 e. The molecule has 1 aliphatic heterocycles. The molecule has 1 saturated carbocycles. The van der Waals surface area contributed by atoms with Gasteiger partial charge in [0.25, 0.3) is 0 Å². The zero-order valence-corrected chi connectivity index (χ0v) is 12.4. The third kappa shape index (κ3) is 2.56. The van der Waals surface area contributed by atoms with Crippen molar-refractivity contribution in [3.63, 3.8) is 0 Å². The normalized spacial score (nSPS) is 22.4. The van der Waals surface area contributed by atoms with Gasteiger partial charge in [-0.15, -0.1) is 0 Å². The summed E-state index contributed by atoms with van der Waals surface area (Å²) < 4.78 is 0. The van der Waals surface area contributed by atoms with E-state index in [4.69, 9.17) is 0 Å². The van der Waals surface area contributed by atoms with E-state index in [0.717, 1.165) is 5.92 Å². The lowest BCUT2D eigenvalue weighted by Gasteiger charge is -2.32. The highest BCUT2D eigenvalue weighted by Gasteiger charge is 2.23. The number of rotatable bonds is 1. The number of anilines is 1. The summed E-state index contributed by atoms with van der Waals surface area (Å²) in [6, 6.07) is 7.06. The van der Waals surface area contributed by atoms with Gasteiger partial charge in [0.05, 0.1) is 5.54 Å². The van der Waals surface area contributed by atoms with Crippen molar-refractivity contribution < 1.29 is 0 Å². The van der Waals surface area contributed by atoms with E-state index in [0.29, 0.717) is 0 Å². The molecule has 0 bridgehead atoms. The summed E-state index contributed by atoms with van der Waals surface area (Å²) in [5.74, 6) is 0.793. The highest BCUT2D eigenvalue weighted by molar-refractivity contribution is 5.80. The third-order valence-electron chi connectivity index (χ3n) is 4.58. The lowest BCUT2D eigenvalue weighted by atomic mass is 9.82. The van der Waals surface area contributed by atoms with Gasteiger partial charge in [-0.3, -0.25) is 0 Å². The topological polar surface area (TPSA) is 12.0 Å². The molecule has 0 unspecified atom stereocenters. The molecular weight excluding hydrogens is 230 g/mol. The second kappa shape index (κ2) is 4.70. The van der Waals surface area contributed by atoms with Crippen LogP contribution in [0.5, 0.6) is 0 Å². The van der Waals surface area contributed by atoms with Crippen molar-refractivity contribution in [2.45, 2.75) is 64.3 Å². The van der Waals surface area contributed by atoms with Gasteiger partial charge >= 0.3 is 0 Å². The molecule has 1 fully saturated rings. The van der Waals surface area contributed by atoms with E-state index in [1.807, 2.05) is 0 Å². The molecule has 102 valence electrons. The summed E-state index contributed by atoms with van der Waals surface area (Å²) in [5.41, 5.74) is 5.74. The SMILES string of the molecule is CC1=CC(C)(C)Nc2ccc(C3CCCCC3)cc21. The Kier molecular flexibility index (Phi) is 3.16. The number of hydrogen-bond donors (Lipinski definition) is 1. The highest BCUT2D eigenvalue weighted by Crippen LogP contribution is 2.38. The lowest BCUT2D eigenvalue weighted by Crippen LogP contribution is -2.31. The summed E-state index contributed by atoms with van der Waals surface area (Å²) in [6.45, 7) is 6.70. The molecule has 1 N–H and O–H groups in total. The number of fused-ring (bicyclic) bond motifs is 1. The Morgan fingerprint density at radius 1 is 1.11 bits per heavy atom. The van der Waals surface area contributed by atoms with Crippen LogP contribution in [0.1, 0.15) is 69.9 Å². The minimum absolute atomic E-state index is 0.0729. The number of nitrogens with one attached hydrogen (secondary N) is 1. The molecule has 0 atom stereocenters. The quantitative estimate of drug-likeness (QED) is 0.714. The first-order valence-corrected chi connectivity index (χ1v) is 7.67. The van der Waals surface area contributed by atoms with Gasteiger partial charge in [-0.1, -0.05) is 31.4 Å². The first-order chi connectivity index (χ1) is 9.05. The summed E-state index contributed by atoms with van der Waals surface area (Å²) >= 11 is 0. The minimum atomic E-state index is 0.0729. The van der Waals surface area contributed by atoms with Crippen LogP contribution in [-0.2, 0) is 0 Å². The molecule has 0 spiro atoms. The van der Waals surface area contributed by atoms with Gasteiger partial charge in [0, 0.05) is 11.3 Å². The van der Waals surface area contributed by atoms with Crippen molar-refractivity contribution in [2.75, 3.05) is 5.32 Å². The smallest absolute Gasteiger partial charge is 0.0505 e. The molecule has 1 aromatic carbocycles. The molecule has 19 heavy (non-hydrogen) atoms. The fourth-order valence-corrected chi connectivity index (χ4v) is 3.69. The van der Waals surface area contributed by atoms with Crippen molar-refractivity contribution in [1.29, 1.82) is 0 Å². The van der Waals surface area contributed by atoms with Gasteiger partial charge < -0.3 is 5.32 Å². The van der Waals surface area contributed by atoms with Crippen molar-refractivity contribution >= 4 is 11.3 Å². The Hall–Kier alpha value is -1.24. The number of allylic oxidation sites excluding steroid dienone is 1. The van der Waals surface area contributed by atoms with Gasteiger partial charge in [0.1, 0.15) is 0 Å². The first-order valence-electron chi connectivity index (χ1n) is 7.67. The van der Waals surface area contributed by atoms with E-state index in [1.165, 1.54) is 48.9 Å². The average molecular weight is 255 g/mol. The number of hydrogen-bond acceptors (Lipinski definition) is 1. The third-order valence-corrected chi connectivity index (χ3v) is 4.58. The summed E-state index contributed by atoms with van der Waals surface area (Å²) in [7, 11) is 0. The largest absolute Gasteiger partial charge is 0.376 e. The Bertz CT molecular complexity index is 504. The summed E-state index contributed by atoms with van der Waals surface area (Å²) in [5, 5.41) is 3.62. The Labute approximate surface area is 117 Å². The molecule has 0 saturated heterocycles. The highest BCUT2D eigenvalue weighted by atomic mass is 15.0. The van der Waals surface area contributed by atoms with E-state index in [-0.39, 0.29) is 5.54 Å².